The van der Waals surface area contributed by atoms with Crippen molar-refractivity contribution in [2.75, 3.05) is 26.7 Å². The number of benzene rings is 2. The van der Waals surface area contributed by atoms with Crippen LogP contribution in [0.1, 0.15) is 36.5 Å². The Kier molecular flexibility index (Phi) is 7.19. The highest BCUT2D eigenvalue weighted by Gasteiger charge is 2.40. The summed E-state index contributed by atoms with van der Waals surface area (Å²) in [6, 6.07) is 7.68. The number of likely N-dealkylation sites (tertiary alicyclic amines) is 1. The number of carbonyl (C=O) groups is 1. The minimum atomic E-state index is -3.18. The van der Waals surface area contributed by atoms with E-state index < -0.39 is 24.7 Å². The Morgan fingerprint density at radius 2 is 1.89 bits per heavy atom. The molecule has 3 aromatic rings. The van der Waals surface area contributed by atoms with Crippen LogP contribution in [0.4, 0.5) is 13.2 Å². The number of hydrogen-bond donors (Lipinski definition) is 1. The van der Waals surface area contributed by atoms with E-state index in [1.165, 1.54) is 32.3 Å². The van der Waals surface area contributed by atoms with Crippen molar-refractivity contribution in [2.24, 2.45) is 0 Å². The number of carbonyl (C=O) groups excluding carboxylic acids is 1. The number of ether oxygens (including phenoxy) is 3. The Labute approximate surface area is 212 Å². The molecule has 1 aliphatic heterocycles. The molecule has 7 nitrogen and oxygen atoms in total. The maximum Gasteiger partial charge on any atom is 0.387 e. The molecule has 1 saturated heterocycles. The topological polar surface area (TPSA) is 73.2 Å². The van der Waals surface area contributed by atoms with Crippen LogP contribution in [-0.2, 0) is 0 Å². The number of halogens is 3. The van der Waals surface area contributed by atoms with Gasteiger partial charge in [0.15, 0.2) is 0 Å². The lowest BCUT2D eigenvalue weighted by Crippen LogP contribution is -2.31. The van der Waals surface area contributed by atoms with E-state index in [1.807, 2.05) is 19.1 Å². The molecule has 0 bridgehead atoms. The van der Waals surface area contributed by atoms with Crippen LogP contribution in [0.3, 0.4) is 0 Å². The Morgan fingerprint density at radius 1 is 1.16 bits per heavy atom. The van der Waals surface area contributed by atoms with Crippen molar-refractivity contribution in [3.63, 3.8) is 0 Å². The molecular weight excluding hydrogens is 489 g/mol. The summed E-state index contributed by atoms with van der Waals surface area (Å²) < 4.78 is 61.7. The maximum atomic E-state index is 13.3. The summed E-state index contributed by atoms with van der Waals surface area (Å²) >= 11 is 0. The second kappa shape index (κ2) is 10.5. The van der Waals surface area contributed by atoms with Gasteiger partial charge in [0.1, 0.15) is 40.7 Å². The van der Waals surface area contributed by atoms with Gasteiger partial charge in [0, 0.05) is 30.0 Å². The standard InChI is InChI=1S/C27H29F3N2O5/c1-15(13-32-7-3-4-8-32)36-17-5-6-18-19(14-35-22(18)11-17)16-9-23(34-2)25(24(10-16)37-27(29)30)26(33)31-21-12-20(21)28/h5-6,9-11,14-15,20-21,27H,3-4,7-8,12-13H2,1-2H3,(H,31,33)/t15?,20-,21+/m0/s1. The summed E-state index contributed by atoms with van der Waals surface area (Å²) in [4.78, 5) is 15.1. The van der Waals surface area contributed by atoms with E-state index in [1.54, 1.807) is 12.1 Å². The fraction of sp³-hybridized carbons (Fsp3) is 0.444. The number of fused-ring (bicyclic) bond motifs is 1. The molecule has 0 radical (unpaired) electrons. The minimum absolute atomic E-state index is 0.00491. The van der Waals surface area contributed by atoms with Gasteiger partial charge in [0.05, 0.1) is 19.4 Å². The molecule has 1 aromatic heterocycles. The van der Waals surface area contributed by atoms with Crippen LogP contribution in [0.25, 0.3) is 22.1 Å². The Bertz CT molecular complexity index is 1270. The normalized spacial score (nSPS) is 20.3. The molecule has 2 aliphatic rings. The third-order valence-corrected chi connectivity index (χ3v) is 6.67. The monoisotopic (exact) mass is 518 g/mol. The molecule has 2 aromatic carbocycles. The van der Waals surface area contributed by atoms with Crippen LogP contribution in [0.2, 0.25) is 0 Å². The fourth-order valence-corrected chi connectivity index (χ4v) is 4.78. The number of amides is 1. The van der Waals surface area contributed by atoms with E-state index >= 15 is 0 Å². The summed E-state index contributed by atoms with van der Waals surface area (Å²) in [7, 11) is 1.32. The zero-order valence-corrected chi connectivity index (χ0v) is 20.6. The van der Waals surface area contributed by atoms with Crippen molar-refractivity contribution in [1.82, 2.24) is 10.2 Å². The second-order valence-corrected chi connectivity index (χ2v) is 9.51. The maximum absolute atomic E-state index is 13.3. The Hall–Kier alpha value is -3.40. The van der Waals surface area contributed by atoms with Crippen molar-refractivity contribution in [1.29, 1.82) is 0 Å². The van der Waals surface area contributed by atoms with E-state index in [0.29, 0.717) is 22.5 Å². The molecular formula is C27H29F3N2O5. The van der Waals surface area contributed by atoms with Gasteiger partial charge < -0.3 is 23.9 Å². The molecule has 1 saturated carbocycles. The van der Waals surface area contributed by atoms with Crippen LogP contribution in [0.5, 0.6) is 17.2 Å². The summed E-state index contributed by atoms with van der Waals surface area (Å²) in [6.07, 6.45) is 2.97. The third kappa shape index (κ3) is 5.64. The van der Waals surface area contributed by atoms with Gasteiger partial charge in [-0.1, -0.05) is 0 Å². The Morgan fingerprint density at radius 3 is 2.57 bits per heavy atom. The second-order valence-electron chi connectivity index (χ2n) is 9.51. The van der Waals surface area contributed by atoms with Crippen molar-refractivity contribution >= 4 is 16.9 Å². The first-order chi connectivity index (χ1) is 17.8. The van der Waals surface area contributed by atoms with Gasteiger partial charge in [-0.15, -0.1) is 0 Å². The van der Waals surface area contributed by atoms with Gasteiger partial charge in [-0.2, -0.15) is 8.78 Å². The first-order valence-corrected chi connectivity index (χ1v) is 12.3. The Balaban J connectivity index is 1.42. The molecule has 3 atom stereocenters. The van der Waals surface area contributed by atoms with E-state index in [0.717, 1.165) is 25.0 Å². The average molecular weight is 519 g/mol. The van der Waals surface area contributed by atoms with E-state index in [4.69, 9.17) is 13.9 Å². The highest BCUT2D eigenvalue weighted by molar-refractivity contribution is 6.02. The summed E-state index contributed by atoms with van der Waals surface area (Å²) in [6.45, 7) is 1.88. The smallest absolute Gasteiger partial charge is 0.387 e. The zero-order chi connectivity index (χ0) is 26.1. The van der Waals surface area contributed by atoms with Gasteiger partial charge in [-0.25, -0.2) is 4.39 Å². The van der Waals surface area contributed by atoms with Crippen LogP contribution in [0, 0.1) is 0 Å². The third-order valence-electron chi connectivity index (χ3n) is 6.67. The van der Waals surface area contributed by atoms with Gasteiger partial charge >= 0.3 is 6.61 Å². The van der Waals surface area contributed by atoms with Gasteiger partial charge in [0.25, 0.3) is 5.91 Å². The van der Waals surface area contributed by atoms with Crippen molar-refractivity contribution in [3.8, 4) is 28.4 Å². The highest BCUT2D eigenvalue weighted by atomic mass is 19.3. The number of alkyl halides is 3. The lowest BCUT2D eigenvalue weighted by Gasteiger charge is -2.21. The number of nitrogens with one attached hydrogen (secondary N) is 1. The predicted octanol–water partition coefficient (Wildman–Crippen LogP) is 5.41. The predicted molar refractivity (Wildman–Crippen MR) is 131 cm³/mol. The van der Waals surface area contributed by atoms with Crippen LogP contribution >= 0.6 is 0 Å². The minimum Gasteiger partial charge on any atom is -0.496 e. The van der Waals surface area contributed by atoms with Crippen molar-refractivity contribution in [3.05, 3.63) is 42.2 Å². The number of furan rings is 1. The van der Waals surface area contributed by atoms with Crippen LogP contribution in [-0.4, -0.2) is 62.5 Å². The quantitative estimate of drug-likeness (QED) is 0.387. The number of nitrogens with zero attached hydrogens (tertiary/aromatic N) is 1. The summed E-state index contributed by atoms with van der Waals surface area (Å²) in [5.74, 6) is -0.432. The SMILES string of the molecule is COc1cc(-c2coc3cc(OC(C)CN4CCCC4)ccc23)cc(OC(F)F)c1C(=O)N[C@@H]1C[C@@H]1F. The molecule has 2 heterocycles. The molecule has 198 valence electrons. The van der Waals surface area contributed by atoms with E-state index in [2.05, 4.69) is 15.0 Å². The van der Waals surface area contributed by atoms with Gasteiger partial charge in [-0.05, 0) is 62.7 Å². The molecule has 0 spiro atoms. The lowest BCUT2D eigenvalue weighted by molar-refractivity contribution is -0.0502. The van der Waals surface area contributed by atoms with Gasteiger partial charge in [-0.3, -0.25) is 9.69 Å². The van der Waals surface area contributed by atoms with Crippen LogP contribution in [0.15, 0.2) is 41.0 Å². The molecule has 1 unspecified atom stereocenters. The molecule has 10 heteroatoms. The van der Waals surface area contributed by atoms with E-state index in [9.17, 15) is 18.0 Å². The van der Waals surface area contributed by atoms with E-state index in [-0.39, 0.29) is 29.6 Å². The molecule has 1 N–H and O–H groups in total. The average Bonchev–Trinajstić information content (AvgIpc) is 3.22. The molecule has 1 aliphatic carbocycles. The van der Waals surface area contributed by atoms with Crippen molar-refractivity contribution < 1.29 is 36.6 Å². The van der Waals surface area contributed by atoms with Crippen molar-refractivity contribution in [2.45, 2.75) is 51.1 Å². The lowest BCUT2D eigenvalue weighted by atomic mass is 10.0. The summed E-state index contributed by atoms with van der Waals surface area (Å²) in [5, 5.41) is 3.20. The number of rotatable bonds is 10. The molecule has 5 rings (SSSR count). The largest absolute Gasteiger partial charge is 0.496 e. The number of hydrogen-bond acceptors (Lipinski definition) is 6. The fourth-order valence-electron chi connectivity index (χ4n) is 4.78. The van der Waals surface area contributed by atoms with Crippen LogP contribution < -0.4 is 19.5 Å². The first-order valence-electron chi connectivity index (χ1n) is 12.3. The molecule has 2 fully saturated rings. The molecule has 1 amide bonds. The summed E-state index contributed by atoms with van der Waals surface area (Å²) in [5.41, 5.74) is 1.39. The highest BCUT2D eigenvalue weighted by Crippen LogP contribution is 2.40. The first kappa shape index (κ1) is 25.3. The van der Waals surface area contributed by atoms with Gasteiger partial charge in [0.2, 0.25) is 0 Å². The molecule has 37 heavy (non-hydrogen) atoms. The zero-order valence-electron chi connectivity index (χ0n) is 20.6. The number of methoxy groups -OCH3 is 1.